The summed E-state index contributed by atoms with van der Waals surface area (Å²) in [6.07, 6.45) is 5.78. The molecular formula is C18H22N6O. The smallest absolute Gasteiger partial charge is 0.241 e. The fourth-order valence-corrected chi connectivity index (χ4v) is 3.72. The molecule has 0 radical (unpaired) electrons. The van der Waals surface area contributed by atoms with Crippen LogP contribution in [0.3, 0.4) is 0 Å². The van der Waals surface area contributed by atoms with E-state index in [4.69, 9.17) is 4.52 Å². The molecule has 25 heavy (non-hydrogen) atoms. The SMILES string of the molecule is Cc1nn(C)c(C)c1[C@@H]1CCCN1Cc1nc(-c2cccnc2)no1. The topological polar surface area (TPSA) is 72.9 Å². The summed E-state index contributed by atoms with van der Waals surface area (Å²) >= 11 is 0. The normalized spacial score (nSPS) is 18.1. The molecule has 0 bridgehead atoms. The lowest BCUT2D eigenvalue weighted by Crippen LogP contribution is -2.23. The second-order valence-electron chi connectivity index (χ2n) is 6.59. The summed E-state index contributed by atoms with van der Waals surface area (Å²) in [7, 11) is 2.00. The van der Waals surface area contributed by atoms with Gasteiger partial charge >= 0.3 is 0 Å². The van der Waals surface area contributed by atoms with Crippen molar-refractivity contribution < 1.29 is 4.52 Å². The summed E-state index contributed by atoms with van der Waals surface area (Å²) in [5, 5.41) is 8.67. The maximum atomic E-state index is 5.48. The van der Waals surface area contributed by atoms with E-state index in [1.807, 2.05) is 23.9 Å². The molecule has 0 amide bonds. The van der Waals surface area contributed by atoms with Crippen molar-refractivity contribution in [2.45, 2.75) is 39.3 Å². The predicted molar refractivity (Wildman–Crippen MR) is 92.6 cm³/mol. The molecular weight excluding hydrogens is 316 g/mol. The van der Waals surface area contributed by atoms with Gasteiger partial charge in [-0.05, 0) is 45.4 Å². The molecule has 3 aromatic heterocycles. The van der Waals surface area contributed by atoms with Crippen LogP contribution in [0.4, 0.5) is 0 Å². The Hall–Kier alpha value is -2.54. The molecule has 1 aliphatic heterocycles. The van der Waals surface area contributed by atoms with E-state index in [9.17, 15) is 0 Å². The Balaban J connectivity index is 1.55. The molecule has 0 unspecified atom stereocenters. The third-order valence-electron chi connectivity index (χ3n) is 4.99. The number of rotatable bonds is 4. The average molecular weight is 338 g/mol. The van der Waals surface area contributed by atoms with Crippen LogP contribution in [0.2, 0.25) is 0 Å². The van der Waals surface area contributed by atoms with Crippen molar-refractivity contribution in [3.05, 3.63) is 47.4 Å². The summed E-state index contributed by atoms with van der Waals surface area (Å²) in [5.41, 5.74) is 4.55. The van der Waals surface area contributed by atoms with Gasteiger partial charge < -0.3 is 4.52 Å². The van der Waals surface area contributed by atoms with Gasteiger partial charge in [-0.25, -0.2) is 0 Å². The van der Waals surface area contributed by atoms with Crippen molar-refractivity contribution in [2.24, 2.45) is 7.05 Å². The fourth-order valence-electron chi connectivity index (χ4n) is 3.72. The highest BCUT2D eigenvalue weighted by Crippen LogP contribution is 2.36. The third-order valence-corrected chi connectivity index (χ3v) is 4.99. The van der Waals surface area contributed by atoms with Crippen molar-refractivity contribution in [2.75, 3.05) is 6.54 Å². The van der Waals surface area contributed by atoms with Gasteiger partial charge in [-0.2, -0.15) is 10.1 Å². The van der Waals surface area contributed by atoms with Crippen LogP contribution in [0.5, 0.6) is 0 Å². The van der Waals surface area contributed by atoms with Crippen LogP contribution in [0, 0.1) is 13.8 Å². The monoisotopic (exact) mass is 338 g/mol. The minimum atomic E-state index is 0.363. The summed E-state index contributed by atoms with van der Waals surface area (Å²) in [6, 6.07) is 4.17. The zero-order chi connectivity index (χ0) is 17.4. The first-order valence-corrected chi connectivity index (χ1v) is 8.60. The fraction of sp³-hybridized carbons (Fsp3) is 0.444. The van der Waals surface area contributed by atoms with Gasteiger partial charge in [0.05, 0.1) is 12.2 Å². The van der Waals surface area contributed by atoms with Gasteiger partial charge in [-0.3, -0.25) is 14.6 Å². The van der Waals surface area contributed by atoms with E-state index < -0.39 is 0 Å². The van der Waals surface area contributed by atoms with Gasteiger partial charge in [0.2, 0.25) is 11.7 Å². The highest BCUT2D eigenvalue weighted by atomic mass is 16.5. The summed E-state index contributed by atoms with van der Waals surface area (Å²) in [4.78, 5) is 11.1. The Bertz CT molecular complexity index is 869. The van der Waals surface area contributed by atoms with Crippen LogP contribution in [-0.2, 0) is 13.6 Å². The molecule has 0 aliphatic carbocycles. The van der Waals surface area contributed by atoms with Crippen molar-refractivity contribution in [1.82, 2.24) is 29.8 Å². The molecule has 4 rings (SSSR count). The molecule has 0 saturated carbocycles. The molecule has 3 aromatic rings. The van der Waals surface area contributed by atoms with E-state index in [1.54, 1.807) is 12.4 Å². The van der Waals surface area contributed by atoms with E-state index >= 15 is 0 Å². The van der Waals surface area contributed by atoms with Gasteiger partial charge in [0.15, 0.2) is 0 Å². The number of aryl methyl sites for hydroxylation is 2. The van der Waals surface area contributed by atoms with E-state index in [-0.39, 0.29) is 0 Å². The number of nitrogens with zero attached hydrogens (tertiary/aromatic N) is 6. The molecule has 0 N–H and O–H groups in total. The van der Waals surface area contributed by atoms with E-state index in [1.165, 1.54) is 17.7 Å². The number of likely N-dealkylation sites (tertiary alicyclic amines) is 1. The number of pyridine rings is 1. The maximum Gasteiger partial charge on any atom is 0.241 e. The Morgan fingerprint density at radius 3 is 2.92 bits per heavy atom. The molecule has 0 spiro atoms. The van der Waals surface area contributed by atoms with Crippen molar-refractivity contribution in [3.8, 4) is 11.4 Å². The zero-order valence-electron chi connectivity index (χ0n) is 14.8. The largest absolute Gasteiger partial charge is 0.338 e. The number of aromatic nitrogens is 5. The van der Waals surface area contributed by atoms with E-state index in [0.29, 0.717) is 24.3 Å². The molecule has 0 aromatic carbocycles. The minimum Gasteiger partial charge on any atom is -0.338 e. The molecule has 4 heterocycles. The maximum absolute atomic E-state index is 5.48. The summed E-state index contributed by atoms with van der Waals surface area (Å²) in [5.74, 6) is 1.23. The van der Waals surface area contributed by atoms with Crippen molar-refractivity contribution >= 4 is 0 Å². The van der Waals surface area contributed by atoms with Crippen LogP contribution >= 0.6 is 0 Å². The first kappa shape index (κ1) is 16.0. The van der Waals surface area contributed by atoms with Gasteiger partial charge in [0, 0.05) is 42.3 Å². The summed E-state index contributed by atoms with van der Waals surface area (Å²) in [6.45, 7) is 5.92. The first-order chi connectivity index (χ1) is 12.1. The molecule has 130 valence electrons. The predicted octanol–water partition coefficient (Wildman–Crippen LogP) is 2.82. The van der Waals surface area contributed by atoms with E-state index in [2.05, 4.69) is 39.0 Å². The van der Waals surface area contributed by atoms with E-state index in [0.717, 1.165) is 24.2 Å². The second kappa shape index (κ2) is 6.40. The highest BCUT2D eigenvalue weighted by Gasteiger charge is 2.31. The standard InChI is InChI=1S/C18H22N6O/c1-12-17(13(2)23(3)21-12)15-7-5-9-24(15)11-16-20-18(22-25-16)14-6-4-8-19-10-14/h4,6,8,10,15H,5,7,9,11H2,1-3H3/t15-/m0/s1. The van der Waals surface area contributed by atoms with Gasteiger partial charge in [0.25, 0.3) is 0 Å². The van der Waals surface area contributed by atoms with Crippen LogP contribution in [0.25, 0.3) is 11.4 Å². The van der Waals surface area contributed by atoms with Crippen LogP contribution < -0.4 is 0 Å². The number of hydrogen-bond donors (Lipinski definition) is 0. The quantitative estimate of drug-likeness (QED) is 0.728. The lowest BCUT2D eigenvalue weighted by molar-refractivity contribution is 0.211. The average Bonchev–Trinajstić information content (AvgIpc) is 3.31. The molecule has 1 atom stereocenters. The van der Waals surface area contributed by atoms with Crippen LogP contribution in [-0.4, -0.2) is 36.3 Å². The molecule has 1 saturated heterocycles. The van der Waals surface area contributed by atoms with Crippen molar-refractivity contribution in [1.29, 1.82) is 0 Å². The Morgan fingerprint density at radius 2 is 2.20 bits per heavy atom. The zero-order valence-corrected chi connectivity index (χ0v) is 14.8. The lowest BCUT2D eigenvalue weighted by Gasteiger charge is -2.23. The molecule has 7 nitrogen and oxygen atoms in total. The lowest BCUT2D eigenvalue weighted by atomic mass is 10.0. The third kappa shape index (κ3) is 2.95. The van der Waals surface area contributed by atoms with Gasteiger partial charge in [-0.15, -0.1) is 0 Å². The first-order valence-electron chi connectivity index (χ1n) is 8.60. The Morgan fingerprint density at radius 1 is 1.32 bits per heavy atom. The van der Waals surface area contributed by atoms with Crippen LogP contribution in [0.15, 0.2) is 29.0 Å². The second-order valence-corrected chi connectivity index (χ2v) is 6.59. The van der Waals surface area contributed by atoms with Gasteiger partial charge in [0.1, 0.15) is 0 Å². The Labute approximate surface area is 146 Å². The summed E-state index contributed by atoms with van der Waals surface area (Å²) < 4.78 is 7.45. The Kier molecular flexibility index (Phi) is 4.09. The van der Waals surface area contributed by atoms with Gasteiger partial charge in [-0.1, -0.05) is 5.16 Å². The minimum absolute atomic E-state index is 0.363. The molecule has 7 heteroatoms. The van der Waals surface area contributed by atoms with Crippen molar-refractivity contribution in [3.63, 3.8) is 0 Å². The number of hydrogen-bond acceptors (Lipinski definition) is 6. The highest BCUT2D eigenvalue weighted by molar-refractivity contribution is 5.51. The molecule has 1 fully saturated rings. The van der Waals surface area contributed by atoms with Crippen LogP contribution in [0.1, 0.15) is 41.7 Å². The molecule has 1 aliphatic rings.